The van der Waals surface area contributed by atoms with E-state index < -0.39 is 11.8 Å². The van der Waals surface area contributed by atoms with Crippen molar-refractivity contribution in [2.75, 3.05) is 0 Å². The summed E-state index contributed by atoms with van der Waals surface area (Å²) in [6, 6.07) is 9.17. The molecule has 0 radical (unpaired) electrons. The minimum absolute atomic E-state index is 0.334. The van der Waals surface area contributed by atoms with Gasteiger partial charge in [0, 0.05) is 15.7 Å². The molecule has 0 aromatic heterocycles. The molecule has 0 aliphatic heterocycles. The molecule has 0 amide bonds. The molecule has 2 aromatic rings. The van der Waals surface area contributed by atoms with E-state index in [1.807, 2.05) is 0 Å². The molecule has 0 saturated heterocycles. The topological polar surface area (TPSA) is 37.3 Å². The Labute approximate surface area is 129 Å². The molecular weight excluding hydrogens is 322 g/mol. The van der Waals surface area contributed by atoms with Crippen molar-refractivity contribution in [3.05, 3.63) is 63.4 Å². The van der Waals surface area contributed by atoms with Crippen LogP contribution >= 0.6 is 35.0 Å². The number of benzene rings is 2. The number of rotatable bonds is 4. The van der Waals surface area contributed by atoms with Crippen molar-refractivity contribution in [3.63, 3.8) is 0 Å². The Morgan fingerprint density at radius 1 is 1.20 bits per heavy atom. The minimum atomic E-state index is -1.28. The second-order valence-electron chi connectivity index (χ2n) is 3.98. The average molecular weight is 331 g/mol. The number of hydrogen-bond donors (Lipinski definition) is 1. The van der Waals surface area contributed by atoms with E-state index in [1.54, 1.807) is 24.3 Å². The van der Waals surface area contributed by atoms with Crippen LogP contribution in [0.2, 0.25) is 10.0 Å². The Bertz CT molecular complexity index is 662. The Morgan fingerprint density at radius 2 is 1.95 bits per heavy atom. The lowest BCUT2D eigenvalue weighted by Crippen LogP contribution is -2.00. The van der Waals surface area contributed by atoms with E-state index in [4.69, 9.17) is 28.3 Å². The lowest BCUT2D eigenvalue weighted by molar-refractivity contribution is 0.0692. The molecule has 2 rings (SSSR count). The number of halogens is 3. The zero-order valence-corrected chi connectivity index (χ0v) is 12.4. The molecular formula is C14H9Cl2FO2S. The maximum atomic E-state index is 13.5. The lowest BCUT2D eigenvalue weighted by Gasteiger charge is -2.06. The molecule has 0 aliphatic rings. The van der Waals surface area contributed by atoms with Crippen molar-refractivity contribution in [1.82, 2.24) is 0 Å². The highest BCUT2D eigenvalue weighted by molar-refractivity contribution is 7.98. The highest BCUT2D eigenvalue weighted by atomic mass is 35.5. The van der Waals surface area contributed by atoms with Gasteiger partial charge in [-0.1, -0.05) is 29.3 Å². The Balaban J connectivity index is 2.13. The molecule has 0 fully saturated rings. The van der Waals surface area contributed by atoms with Crippen LogP contribution in [0.1, 0.15) is 15.9 Å². The highest BCUT2D eigenvalue weighted by Crippen LogP contribution is 2.32. The van der Waals surface area contributed by atoms with Crippen LogP contribution in [0.15, 0.2) is 41.3 Å². The summed E-state index contributed by atoms with van der Waals surface area (Å²) in [7, 11) is 0. The summed E-state index contributed by atoms with van der Waals surface area (Å²) < 4.78 is 13.5. The monoisotopic (exact) mass is 330 g/mol. The first-order valence-corrected chi connectivity index (χ1v) is 7.31. The molecule has 0 saturated carbocycles. The smallest absolute Gasteiger partial charge is 0.338 e. The summed E-state index contributed by atoms with van der Waals surface area (Å²) in [6.45, 7) is 0. The van der Waals surface area contributed by atoms with Gasteiger partial charge in [-0.2, -0.15) is 0 Å². The average Bonchev–Trinajstić information content (AvgIpc) is 2.39. The third-order valence-electron chi connectivity index (χ3n) is 2.55. The highest BCUT2D eigenvalue weighted by Gasteiger charge is 2.11. The van der Waals surface area contributed by atoms with Gasteiger partial charge in [-0.15, -0.1) is 11.8 Å². The Hall–Kier alpha value is -1.23. The van der Waals surface area contributed by atoms with E-state index in [0.29, 0.717) is 21.4 Å². The maximum Gasteiger partial charge on any atom is 0.338 e. The predicted molar refractivity (Wildman–Crippen MR) is 79.4 cm³/mol. The van der Waals surface area contributed by atoms with Crippen molar-refractivity contribution in [2.24, 2.45) is 0 Å². The Kier molecular flexibility index (Phi) is 4.91. The van der Waals surface area contributed by atoms with E-state index >= 15 is 0 Å². The predicted octanol–water partition coefficient (Wildman–Crippen LogP) is 5.12. The number of thioether (sulfide) groups is 1. The molecule has 0 unspecified atom stereocenters. The van der Waals surface area contributed by atoms with Gasteiger partial charge < -0.3 is 5.11 Å². The number of hydrogen-bond acceptors (Lipinski definition) is 2. The third kappa shape index (κ3) is 3.66. The van der Waals surface area contributed by atoms with Crippen LogP contribution in [-0.4, -0.2) is 11.1 Å². The summed E-state index contributed by atoms with van der Waals surface area (Å²) in [5.41, 5.74) is 0.341. The van der Waals surface area contributed by atoms with Crippen molar-refractivity contribution in [2.45, 2.75) is 10.6 Å². The SMILES string of the molecule is O=C(O)c1ccc(CSc2cc(Cl)ccc2Cl)cc1F. The lowest BCUT2D eigenvalue weighted by atomic mass is 10.1. The summed E-state index contributed by atoms with van der Waals surface area (Å²) in [6.07, 6.45) is 0. The van der Waals surface area contributed by atoms with Crippen LogP contribution in [0.25, 0.3) is 0 Å². The van der Waals surface area contributed by atoms with Gasteiger partial charge in [-0.25, -0.2) is 9.18 Å². The quantitative estimate of drug-likeness (QED) is 0.790. The van der Waals surface area contributed by atoms with Gasteiger partial charge in [0.25, 0.3) is 0 Å². The van der Waals surface area contributed by atoms with Gasteiger partial charge in [-0.05, 0) is 35.9 Å². The van der Waals surface area contributed by atoms with Gasteiger partial charge in [0.1, 0.15) is 5.82 Å². The molecule has 6 heteroatoms. The van der Waals surface area contributed by atoms with E-state index in [9.17, 15) is 9.18 Å². The van der Waals surface area contributed by atoms with Crippen LogP contribution in [0.3, 0.4) is 0 Å². The molecule has 0 heterocycles. The number of carbonyl (C=O) groups is 1. The van der Waals surface area contributed by atoms with Crippen molar-refractivity contribution < 1.29 is 14.3 Å². The summed E-state index contributed by atoms with van der Waals surface area (Å²) in [4.78, 5) is 11.5. The standard InChI is InChI=1S/C14H9Cl2FO2S/c15-9-2-4-11(16)13(6-9)20-7-8-1-3-10(14(18)19)12(17)5-8/h1-6H,7H2,(H,18,19). The van der Waals surface area contributed by atoms with Crippen molar-refractivity contribution in [1.29, 1.82) is 0 Å². The van der Waals surface area contributed by atoms with E-state index in [1.165, 1.54) is 23.9 Å². The van der Waals surface area contributed by atoms with Gasteiger partial charge >= 0.3 is 5.97 Å². The number of carboxylic acid groups (broad SMARTS) is 1. The van der Waals surface area contributed by atoms with Crippen LogP contribution < -0.4 is 0 Å². The van der Waals surface area contributed by atoms with Crippen LogP contribution in [-0.2, 0) is 5.75 Å². The molecule has 104 valence electrons. The second-order valence-corrected chi connectivity index (χ2v) is 5.84. The normalized spacial score (nSPS) is 10.6. The van der Waals surface area contributed by atoms with Crippen LogP contribution in [0, 0.1) is 5.82 Å². The van der Waals surface area contributed by atoms with Gasteiger partial charge in [0.15, 0.2) is 0 Å². The first kappa shape index (κ1) is 15.2. The van der Waals surface area contributed by atoms with Crippen LogP contribution in [0.4, 0.5) is 4.39 Å². The van der Waals surface area contributed by atoms with E-state index in [-0.39, 0.29) is 5.56 Å². The third-order valence-corrected chi connectivity index (χ3v) is 4.35. The van der Waals surface area contributed by atoms with Crippen molar-refractivity contribution in [3.8, 4) is 0 Å². The summed E-state index contributed by atoms with van der Waals surface area (Å²) in [5, 5.41) is 9.90. The summed E-state index contributed by atoms with van der Waals surface area (Å²) >= 11 is 13.3. The number of carboxylic acids is 1. The first-order valence-electron chi connectivity index (χ1n) is 5.57. The zero-order chi connectivity index (χ0) is 14.7. The summed E-state index contributed by atoms with van der Waals surface area (Å²) in [5.74, 6) is -1.55. The Morgan fingerprint density at radius 3 is 2.60 bits per heavy atom. The first-order chi connectivity index (χ1) is 9.47. The molecule has 0 aliphatic carbocycles. The van der Waals surface area contributed by atoms with E-state index in [2.05, 4.69) is 0 Å². The molecule has 0 spiro atoms. The molecule has 0 bridgehead atoms. The fraction of sp³-hybridized carbons (Fsp3) is 0.0714. The van der Waals surface area contributed by atoms with Gasteiger partial charge in [0.05, 0.1) is 10.6 Å². The minimum Gasteiger partial charge on any atom is -0.478 e. The zero-order valence-electron chi connectivity index (χ0n) is 10.1. The van der Waals surface area contributed by atoms with Gasteiger partial charge in [-0.3, -0.25) is 0 Å². The van der Waals surface area contributed by atoms with Crippen LogP contribution in [0.5, 0.6) is 0 Å². The fourth-order valence-corrected chi connectivity index (χ4v) is 3.01. The molecule has 1 N–H and O–H groups in total. The number of aromatic carboxylic acids is 1. The van der Waals surface area contributed by atoms with Gasteiger partial charge in [0.2, 0.25) is 0 Å². The largest absolute Gasteiger partial charge is 0.478 e. The van der Waals surface area contributed by atoms with Crippen molar-refractivity contribution >= 4 is 40.9 Å². The molecule has 20 heavy (non-hydrogen) atoms. The fourth-order valence-electron chi connectivity index (χ4n) is 1.57. The molecule has 2 aromatic carbocycles. The molecule has 0 atom stereocenters. The van der Waals surface area contributed by atoms with E-state index in [0.717, 1.165) is 4.90 Å². The molecule has 2 nitrogen and oxygen atoms in total. The second kappa shape index (κ2) is 6.48. The maximum absolute atomic E-state index is 13.5.